The summed E-state index contributed by atoms with van der Waals surface area (Å²) in [6.07, 6.45) is -2.88. The van der Waals surface area contributed by atoms with Gasteiger partial charge in [0.05, 0.1) is 11.7 Å². The number of amides is 1. The lowest BCUT2D eigenvalue weighted by Crippen LogP contribution is -2.32. The van der Waals surface area contributed by atoms with Crippen LogP contribution < -0.4 is 5.32 Å². The maximum absolute atomic E-state index is 12.4. The summed E-state index contributed by atoms with van der Waals surface area (Å²) in [6, 6.07) is 4.78. The molecule has 2 N–H and O–H groups in total. The van der Waals surface area contributed by atoms with Crippen LogP contribution in [0.5, 0.6) is 0 Å². The van der Waals surface area contributed by atoms with Crippen molar-refractivity contribution >= 4 is 5.91 Å². The van der Waals surface area contributed by atoms with Gasteiger partial charge in [-0.3, -0.25) is 4.79 Å². The number of alkyl halides is 3. The van der Waals surface area contributed by atoms with Crippen LogP contribution in [-0.2, 0) is 17.4 Å². The van der Waals surface area contributed by atoms with Gasteiger partial charge in [0.1, 0.15) is 0 Å². The fourth-order valence-corrected chi connectivity index (χ4v) is 1.87. The number of aliphatic hydroxyl groups is 1. The Kier molecular flexibility index (Phi) is 6.68. The van der Waals surface area contributed by atoms with Crippen molar-refractivity contribution in [2.45, 2.75) is 44.9 Å². The zero-order chi connectivity index (χ0) is 15.9. The van der Waals surface area contributed by atoms with Crippen molar-refractivity contribution in [3.8, 4) is 0 Å². The van der Waals surface area contributed by atoms with E-state index >= 15 is 0 Å². The summed E-state index contributed by atoms with van der Waals surface area (Å²) in [5.41, 5.74) is -0.0225. The number of carbonyl (C=O) groups excluding carboxylic acids is 1. The molecule has 1 atom stereocenters. The van der Waals surface area contributed by atoms with E-state index in [0.717, 1.165) is 18.6 Å². The van der Waals surface area contributed by atoms with Crippen LogP contribution in [-0.4, -0.2) is 23.7 Å². The largest absolute Gasteiger partial charge is 0.416 e. The van der Waals surface area contributed by atoms with Crippen LogP contribution in [0.3, 0.4) is 0 Å². The third kappa shape index (κ3) is 6.62. The van der Waals surface area contributed by atoms with Gasteiger partial charge in [0, 0.05) is 13.0 Å². The van der Waals surface area contributed by atoms with E-state index in [1.807, 2.05) is 6.92 Å². The minimum Gasteiger partial charge on any atom is -0.391 e. The molecule has 0 bridgehead atoms. The molecular formula is C15H20F3NO2. The maximum Gasteiger partial charge on any atom is 0.416 e. The summed E-state index contributed by atoms with van der Waals surface area (Å²) >= 11 is 0. The molecule has 0 fully saturated rings. The third-order valence-corrected chi connectivity index (χ3v) is 3.08. The van der Waals surface area contributed by atoms with Gasteiger partial charge >= 0.3 is 6.18 Å². The second kappa shape index (κ2) is 8.02. The zero-order valence-corrected chi connectivity index (χ0v) is 11.9. The molecule has 0 aliphatic carbocycles. The first-order valence-electron chi connectivity index (χ1n) is 6.93. The van der Waals surface area contributed by atoms with Crippen molar-refractivity contribution in [2.24, 2.45) is 0 Å². The minimum absolute atomic E-state index is 0.185. The molecule has 0 saturated carbocycles. The Hall–Kier alpha value is -1.56. The summed E-state index contributed by atoms with van der Waals surface area (Å²) in [4.78, 5) is 11.5. The molecule has 0 saturated heterocycles. The van der Waals surface area contributed by atoms with Gasteiger partial charge in [-0.15, -0.1) is 0 Å². The molecule has 0 aliphatic rings. The predicted molar refractivity (Wildman–Crippen MR) is 73.7 cm³/mol. The van der Waals surface area contributed by atoms with E-state index in [1.165, 1.54) is 12.1 Å². The maximum atomic E-state index is 12.4. The Bertz CT molecular complexity index is 443. The van der Waals surface area contributed by atoms with Gasteiger partial charge in [-0.05, 0) is 30.5 Å². The third-order valence-electron chi connectivity index (χ3n) is 3.08. The standard InChI is InChI=1S/C15H20F3NO2/c1-2-3-13(20)10-19-14(21)9-6-11-4-7-12(8-5-11)15(16,17)18/h4-5,7-8,13,20H,2-3,6,9-10H2,1H3,(H,19,21). The second-order valence-electron chi connectivity index (χ2n) is 4.94. The van der Waals surface area contributed by atoms with E-state index in [0.29, 0.717) is 18.4 Å². The predicted octanol–water partition coefficient (Wildman–Crippen LogP) is 2.92. The molecule has 0 aliphatic heterocycles. The van der Waals surface area contributed by atoms with E-state index in [9.17, 15) is 23.1 Å². The minimum atomic E-state index is -4.34. The van der Waals surface area contributed by atoms with Crippen molar-refractivity contribution in [2.75, 3.05) is 6.54 Å². The van der Waals surface area contributed by atoms with Gasteiger partial charge in [0.2, 0.25) is 5.91 Å². The molecular weight excluding hydrogens is 283 g/mol. The van der Waals surface area contributed by atoms with Crippen molar-refractivity contribution in [3.63, 3.8) is 0 Å². The number of hydrogen-bond donors (Lipinski definition) is 2. The van der Waals surface area contributed by atoms with E-state index in [-0.39, 0.29) is 18.9 Å². The summed E-state index contributed by atoms with van der Waals surface area (Å²) in [5, 5.41) is 12.1. The van der Waals surface area contributed by atoms with Crippen molar-refractivity contribution in [1.29, 1.82) is 0 Å². The van der Waals surface area contributed by atoms with Gasteiger partial charge in [0.25, 0.3) is 0 Å². The van der Waals surface area contributed by atoms with Gasteiger partial charge < -0.3 is 10.4 Å². The highest BCUT2D eigenvalue weighted by molar-refractivity contribution is 5.76. The topological polar surface area (TPSA) is 49.3 Å². The van der Waals surface area contributed by atoms with E-state index in [4.69, 9.17) is 0 Å². The smallest absolute Gasteiger partial charge is 0.391 e. The van der Waals surface area contributed by atoms with Crippen LogP contribution in [0.25, 0.3) is 0 Å². The molecule has 1 unspecified atom stereocenters. The first kappa shape index (κ1) is 17.5. The van der Waals surface area contributed by atoms with Crippen LogP contribution >= 0.6 is 0 Å². The number of hydrogen-bond acceptors (Lipinski definition) is 2. The lowest BCUT2D eigenvalue weighted by Gasteiger charge is -2.11. The van der Waals surface area contributed by atoms with Crippen LogP contribution in [0.2, 0.25) is 0 Å². The molecule has 118 valence electrons. The normalized spacial score (nSPS) is 13.0. The van der Waals surface area contributed by atoms with Gasteiger partial charge in [-0.1, -0.05) is 25.5 Å². The highest BCUT2D eigenvalue weighted by Gasteiger charge is 2.29. The molecule has 1 aromatic carbocycles. The second-order valence-corrected chi connectivity index (χ2v) is 4.94. The molecule has 0 spiro atoms. The lowest BCUT2D eigenvalue weighted by atomic mass is 10.1. The summed E-state index contributed by atoms with van der Waals surface area (Å²) in [6.45, 7) is 2.15. The monoisotopic (exact) mass is 303 g/mol. The average Bonchev–Trinajstić information content (AvgIpc) is 2.43. The number of aryl methyl sites for hydroxylation is 1. The zero-order valence-electron chi connectivity index (χ0n) is 11.9. The van der Waals surface area contributed by atoms with E-state index in [1.54, 1.807) is 0 Å². The molecule has 3 nitrogen and oxygen atoms in total. The average molecular weight is 303 g/mol. The van der Waals surface area contributed by atoms with Crippen molar-refractivity contribution in [3.05, 3.63) is 35.4 Å². The van der Waals surface area contributed by atoms with Gasteiger partial charge in [0.15, 0.2) is 0 Å². The molecule has 0 radical (unpaired) electrons. The first-order valence-corrected chi connectivity index (χ1v) is 6.93. The lowest BCUT2D eigenvalue weighted by molar-refractivity contribution is -0.137. The fourth-order valence-electron chi connectivity index (χ4n) is 1.87. The quantitative estimate of drug-likeness (QED) is 0.813. The Labute approximate surface area is 122 Å². The molecule has 1 amide bonds. The van der Waals surface area contributed by atoms with Gasteiger partial charge in [-0.25, -0.2) is 0 Å². The fraction of sp³-hybridized carbons (Fsp3) is 0.533. The number of halogens is 3. The number of nitrogens with one attached hydrogen (secondary N) is 1. The summed E-state index contributed by atoms with van der Waals surface area (Å²) < 4.78 is 37.2. The number of benzene rings is 1. The Morgan fingerprint density at radius 3 is 2.43 bits per heavy atom. The van der Waals surface area contributed by atoms with Crippen LogP contribution in [0.15, 0.2) is 24.3 Å². The van der Waals surface area contributed by atoms with E-state index in [2.05, 4.69) is 5.32 Å². The highest BCUT2D eigenvalue weighted by Crippen LogP contribution is 2.29. The van der Waals surface area contributed by atoms with Gasteiger partial charge in [-0.2, -0.15) is 13.2 Å². The highest BCUT2D eigenvalue weighted by atomic mass is 19.4. The number of rotatable bonds is 7. The molecule has 6 heteroatoms. The summed E-state index contributed by atoms with van der Waals surface area (Å²) in [7, 11) is 0. The van der Waals surface area contributed by atoms with Crippen LogP contribution in [0.1, 0.15) is 37.3 Å². The van der Waals surface area contributed by atoms with Crippen molar-refractivity contribution < 1.29 is 23.1 Å². The van der Waals surface area contributed by atoms with Crippen LogP contribution in [0, 0.1) is 0 Å². The summed E-state index contributed by atoms with van der Waals surface area (Å²) in [5.74, 6) is -0.218. The molecule has 0 aromatic heterocycles. The van der Waals surface area contributed by atoms with E-state index < -0.39 is 17.8 Å². The molecule has 1 rings (SSSR count). The molecule has 0 heterocycles. The first-order chi connectivity index (χ1) is 9.82. The van der Waals surface area contributed by atoms with Crippen molar-refractivity contribution in [1.82, 2.24) is 5.32 Å². The van der Waals surface area contributed by atoms with Crippen LogP contribution in [0.4, 0.5) is 13.2 Å². The Morgan fingerprint density at radius 1 is 1.29 bits per heavy atom. The Morgan fingerprint density at radius 2 is 1.90 bits per heavy atom. The Balaban J connectivity index is 2.36. The SMILES string of the molecule is CCCC(O)CNC(=O)CCc1ccc(C(F)(F)F)cc1. The number of aliphatic hydroxyl groups excluding tert-OH is 1. The number of carbonyl (C=O) groups is 1. The molecule has 1 aromatic rings. The molecule has 21 heavy (non-hydrogen) atoms.